The fourth-order valence-electron chi connectivity index (χ4n) is 11.5. The molecule has 12 atom stereocenters. The van der Waals surface area contributed by atoms with Crippen LogP contribution >= 0.6 is 0 Å². The first-order valence-electron chi connectivity index (χ1n) is 38.1. The average molecular weight is 1340 g/mol. The van der Waals surface area contributed by atoms with E-state index in [1.165, 1.54) is 122 Å². The van der Waals surface area contributed by atoms with E-state index in [2.05, 4.69) is 153 Å². The highest BCUT2D eigenvalue weighted by molar-refractivity contribution is 5.76. The molecule has 0 spiro atoms. The molecule has 0 aromatic carbocycles. The lowest BCUT2D eigenvalue weighted by Crippen LogP contribution is -2.65. The van der Waals surface area contributed by atoms with Crippen molar-refractivity contribution in [2.24, 2.45) is 0 Å². The fraction of sp³-hybridized carbons (Fsp3) is 0.695. The minimum Gasteiger partial charge on any atom is -0.394 e. The van der Waals surface area contributed by atoms with Gasteiger partial charge >= 0.3 is 0 Å². The van der Waals surface area contributed by atoms with Gasteiger partial charge in [-0.05, 0) is 116 Å². The maximum absolute atomic E-state index is 13.4. The van der Waals surface area contributed by atoms with Crippen molar-refractivity contribution < 1.29 is 64.6 Å². The smallest absolute Gasteiger partial charge is 0.220 e. The SMILES string of the molecule is CC/C=C\C/C=C\C/C=C\C/C=C\C/C=C\C/C=C\C/C=C\C/C=C\C/C=C\CCCCCCCC(=O)NC(COC1OC(CO)C(OC2OC(CO)C(O)C(O)C2O)C(O)C1O)C(O)/C=C/CC/C=C/CC/C=C/CCCCCCCCCCCCCCCCCCCCC. The summed E-state index contributed by atoms with van der Waals surface area (Å²) < 4.78 is 22.8. The molecule has 0 saturated carbocycles. The Hall–Kier alpha value is -4.13. The number of hydrogen-bond donors (Lipinski definition) is 9. The highest BCUT2D eigenvalue weighted by atomic mass is 16.7. The summed E-state index contributed by atoms with van der Waals surface area (Å²) >= 11 is 0. The molecular weight excluding hydrogens is 1210 g/mol. The number of rotatable bonds is 61. The van der Waals surface area contributed by atoms with Crippen LogP contribution in [0.4, 0.5) is 0 Å². The van der Waals surface area contributed by atoms with Crippen molar-refractivity contribution in [3.63, 3.8) is 0 Å². The quantitative estimate of drug-likeness (QED) is 0.0204. The van der Waals surface area contributed by atoms with E-state index in [1.807, 2.05) is 6.08 Å². The van der Waals surface area contributed by atoms with E-state index in [0.29, 0.717) is 12.8 Å². The molecule has 2 aliphatic heterocycles. The van der Waals surface area contributed by atoms with Gasteiger partial charge < -0.3 is 65.1 Å². The molecule has 0 radical (unpaired) electrons. The molecular formula is C82H137NO13. The Morgan fingerprint density at radius 1 is 0.385 bits per heavy atom. The number of allylic oxidation sites excluding steroid dienone is 23. The lowest BCUT2D eigenvalue weighted by atomic mass is 9.97. The van der Waals surface area contributed by atoms with Gasteiger partial charge in [0.05, 0.1) is 32.0 Å². The van der Waals surface area contributed by atoms with Crippen molar-refractivity contribution >= 4 is 5.91 Å². The summed E-state index contributed by atoms with van der Waals surface area (Å²) in [5.74, 6) is -0.277. The normalized spacial score (nSPS) is 23.1. The van der Waals surface area contributed by atoms with Gasteiger partial charge in [-0.15, -0.1) is 0 Å². The van der Waals surface area contributed by atoms with Gasteiger partial charge in [-0.25, -0.2) is 0 Å². The number of nitrogens with one attached hydrogen (secondary N) is 1. The van der Waals surface area contributed by atoms with Gasteiger partial charge in [0.2, 0.25) is 5.91 Å². The Balaban J connectivity index is 1.70. The van der Waals surface area contributed by atoms with E-state index in [0.717, 1.165) is 116 Å². The average Bonchev–Trinajstić information content (AvgIpc) is 0.812. The zero-order chi connectivity index (χ0) is 69.4. The number of hydrogen-bond acceptors (Lipinski definition) is 13. The highest BCUT2D eigenvalue weighted by Crippen LogP contribution is 2.30. The Kier molecular flexibility index (Phi) is 58.9. The maximum Gasteiger partial charge on any atom is 0.220 e. The Bertz CT molecular complexity index is 2180. The summed E-state index contributed by atoms with van der Waals surface area (Å²) in [7, 11) is 0. The predicted molar refractivity (Wildman–Crippen MR) is 396 cm³/mol. The van der Waals surface area contributed by atoms with Crippen LogP contribution in [0.1, 0.15) is 271 Å². The van der Waals surface area contributed by atoms with Crippen molar-refractivity contribution in [1.82, 2.24) is 5.32 Å². The third kappa shape index (κ3) is 47.0. The van der Waals surface area contributed by atoms with Crippen LogP contribution in [0.3, 0.4) is 0 Å². The third-order valence-corrected chi connectivity index (χ3v) is 17.5. The van der Waals surface area contributed by atoms with Gasteiger partial charge in [-0.2, -0.15) is 0 Å². The minimum absolute atomic E-state index is 0.237. The first-order chi connectivity index (χ1) is 47.1. The number of amides is 1. The van der Waals surface area contributed by atoms with Crippen molar-refractivity contribution in [2.75, 3.05) is 19.8 Å². The van der Waals surface area contributed by atoms with Crippen LogP contribution in [0, 0.1) is 0 Å². The van der Waals surface area contributed by atoms with Crippen molar-refractivity contribution in [1.29, 1.82) is 0 Å². The number of carbonyl (C=O) groups excluding carboxylic acids is 1. The van der Waals surface area contributed by atoms with E-state index < -0.39 is 86.8 Å². The van der Waals surface area contributed by atoms with Crippen LogP contribution in [0.2, 0.25) is 0 Å². The molecule has 0 aromatic heterocycles. The summed E-state index contributed by atoms with van der Waals surface area (Å²) in [6.45, 7) is 2.66. The number of unbranched alkanes of at least 4 members (excludes halogenated alkanes) is 26. The van der Waals surface area contributed by atoms with Gasteiger partial charge in [-0.1, -0.05) is 295 Å². The van der Waals surface area contributed by atoms with Crippen molar-refractivity contribution in [3.8, 4) is 0 Å². The second-order valence-electron chi connectivity index (χ2n) is 26.0. The van der Waals surface area contributed by atoms with Gasteiger partial charge in [-0.3, -0.25) is 4.79 Å². The van der Waals surface area contributed by atoms with Crippen LogP contribution in [-0.2, 0) is 23.7 Å². The van der Waals surface area contributed by atoms with Gasteiger partial charge in [0.1, 0.15) is 48.8 Å². The van der Waals surface area contributed by atoms with E-state index in [9.17, 15) is 45.6 Å². The van der Waals surface area contributed by atoms with Gasteiger partial charge in [0.15, 0.2) is 12.6 Å². The molecule has 12 unspecified atom stereocenters. The Morgan fingerprint density at radius 2 is 0.729 bits per heavy atom. The molecule has 9 N–H and O–H groups in total. The van der Waals surface area contributed by atoms with Crippen LogP contribution in [0.5, 0.6) is 0 Å². The molecule has 14 heteroatoms. The largest absolute Gasteiger partial charge is 0.394 e. The Labute approximate surface area is 583 Å². The molecule has 2 aliphatic rings. The van der Waals surface area contributed by atoms with Crippen LogP contribution in [-0.4, -0.2) is 140 Å². The van der Waals surface area contributed by atoms with Crippen LogP contribution in [0.15, 0.2) is 146 Å². The lowest BCUT2D eigenvalue weighted by molar-refractivity contribution is -0.359. The molecule has 2 heterocycles. The fourth-order valence-corrected chi connectivity index (χ4v) is 11.5. The van der Waals surface area contributed by atoms with Crippen LogP contribution < -0.4 is 5.32 Å². The molecule has 1 amide bonds. The maximum atomic E-state index is 13.4. The number of carbonyl (C=O) groups is 1. The Morgan fingerprint density at radius 3 is 1.15 bits per heavy atom. The number of aliphatic hydroxyl groups excluding tert-OH is 8. The van der Waals surface area contributed by atoms with E-state index in [4.69, 9.17) is 18.9 Å². The van der Waals surface area contributed by atoms with E-state index in [-0.39, 0.29) is 18.9 Å². The lowest BCUT2D eigenvalue weighted by Gasteiger charge is -2.46. The molecule has 2 rings (SSSR count). The first kappa shape index (κ1) is 88.0. The van der Waals surface area contributed by atoms with Gasteiger partial charge in [0, 0.05) is 6.42 Å². The summed E-state index contributed by atoms with van der Waals surface area (Å²) in [6.07, 6.45) is 80.5. The molecule has 96 heavy (non-hydrogen) atoms. The first-order valence-corrected chi connectivity index (χ1v) is 38.1. The third-order valence-electron chi connectivity index (χ3n) is 17.5. The molecule has 0 aliphatic carbocycles. The summed E-state index contributed by atoms with van der Waals surface area (Å²) in [4.78, 5) is 13.4. The monoisotopic (exact) mass is 1340 g/mol. The predicted octanol–water partition coefficient (Wildman–Crippen LogP) is 16.8. The highest BCUT2D eigenvalue weighted by Gasteiger charge is 2.51. The minimum atomic E-state index is -1.80. The second-order valence-corrected chi connectivity index (χ2v) is 26.0. The van der Waals surface area contributed by atoms with Crippen LogP contribution in [0.25, 0.3) is 0 Å². The molecule has 0 bridgehead atoms. The summed E-state index contributed by atoms with van der Waals surface area (Å²) in [5, 5.41) is 87.5. The van der Waals surface area contributed by atoms with E-state index >= 15 is 0 Å². The number of ether oxygens (including phenoxy) is 4. The summed E-state index contributed by atoms with van der Waals surface area (Å²) in [5.41, 5.74) is 0. The van der Waals surface area contributed by atoms with Gasteiger partial charge in [0.25, 0.3) is 0 Å². The molecule has 2 fully saturated rings. The van der Waals surface area contributed by atoms with Crippen molar-refractivity contribution in [2.45, 2.75) is 344 Å². The zero-order valence-corrected chi connectivity index (χ0v) is 59.8. The van der Waals surface area contributed by atoms with Crippen molar-refractivity contribution in [3.05, 3.63) is 146 Å². The summed E-state index contributed by atoms with van der Waals surface area (Å²) in [6, 6.07) is -0.962. The molecule has 548 valence electrons. The standard InChI is InChI=1S/C82H137NO13/c1-3-5-7-9-11-13-15-17-19-21-23-25-27-29-31-33-34-35-36-38-40-42-44-46-48-50-52-54-56-58-60-62-64-66-74(87)83-70(69-93-81-79(92)77(90)80(73(68-85)95-81)96-82-78(91)76(89)75(88)72(67-84)94-82)71(86)65-63-61-59-57-55-53-51-49-47-45-43-41-39-37-32-30-28-26-24-22-20-18-16-14-12-10-8-6-4-2/h5,7,11,13,17,19,23,25,29,31,34-35,38,40,44,46-47,49-50,52,55,57,63,65,70-73,75-82,84-86,88-92H,3-4,6,8-10,12,14-16,18,20-22,24,26-28,30,32-33,36-37,39,41-43,45,48,51,53-54,56,58-62,64,66-69H2,1-2H3,(H,83,87)/b7-5-,13-11-,19-17-,25-23-,31-29-,35-34-,40-38-,46-44-,49-47+,52-50-,57-55+,65-63+. The molecule has 0 aromatic rings. The second kappa shape index (κ2) is 64.3. The molecule has 14 nitrogen and oxygen atoms in total. The number of aliphatic hydroxyl groups is 8. The zero-order valence-electron chi connectivity index (χ0n) is 59.8. The topological polar surface area (TPSA) is 228 Å². The van der Waals surface area contributed by atoms with E-state index in [1.54, 1.807) is 6.08 Å². The molecule has 2 saturated heterocycles.